The Morgan fingerprint density at radius 1 is 1.26 bits per heavy atom. The molecule has 1 aliphatic heterocycles. The average Bonchev–Trinajstić information content (AvgIpc) is 2.62. The number of amides is 1. The van der Waals surface area contributed by atoms with Crippen LogP contribution in [0.1, 0.15) is 30.1 Å². The molecule has 1 saturated heterocycles. The van der Waals surface area contributed by atoms with Crippen molar-refractivity contribution < 1.29 is 17.6 Å². The van der Waals surface area contributed by atoms with Gasteiger partial charge in [0.05, 0.1) is 10.6 Å². The third-order valence-electron chi connectivity index (χ3n) is 4.54. The Morgan fingerprint density at radius 2 is 1.96 bits per heavy atom. The van der Waals surface area contributed by atoms with Gasteiger partial charge in [-0.3, -0.25) is 4.79 Å². The van der Waals surface area contributed by atoms with E-state index in [-0.39, 0.29) is 15.5 Å². The predicted molar refractivity (Wildman–Crippen MR) is 101 cm³/mol. The van der Waals surface area contributed by atoms with Gasteiger partial charge in [0.15, 0.2) is 0 Å². The Morgan fingerprint density at radius 3 is 2.56 bits per heavy atom. The monoisotopic (exact) mass is 411 g/mol. The van der Waals surface area contributed by atoms with E-state index in [1.54, 1.807) is 6.07 Å². The summed E-state index contributed by atoms with van der Waals surface area (Å²) >= 11 is 5.80. The number of piperidine rings is 1. The van der Waals surface area contributed by atoms with E-state index in [1.165, 1.54) is 12.3 Å². The number of sulfonamides is 1. The van der Waals surface area contributed by atoms with Crippen LogP contribution in [-0.4, -0.2) is 32.4 Å². The summed E-state index contributed by atoms with van der Waals surface area (Å²) in [6.07, 6.45) is 3.35. The lowest BCUT2D eigenvalue weighted by molar-refractivity contribution is 0.0981. The summed E-state index contributed by atoms with van der Waals surface area (Å²) in [5.74, 6) is -0.177. The van der Waals surface area contributed by atoms with Crippen molar-refractivity contribution >= 4 is 33.3 Å². The molecule has 9 heteroatoms. The third-order valence-corrected chi connectivity index (χ3v) is 6.17. The second-order valence-electron chi connectivity index (χ2n) is 6.58. The zero-order chi connectivity index (χ0) is 19.6. The van der Waals surface area contributed by atoms with Crippen molar-refractivity contribution in [1.82, 2.24) is 9.71 Å². The van der Waals surface area contributed by atoms with Crippen molar-refractivity contribution in [2.24, 2.45) is 5.92 Å². The molecule has 2 aromatic rings. The van der Waals surface area contributed by atoms with Crippen LogP contribution in [-0.2, 0) is 10.0 Å². The number of halogens is 2. The second-order valence-corrected chi connectivity index (χ2v) is 8.67. The number of nitrogens with one attached hydrogen (secondary N) is 1. The van der Waals surface area contributed by atoms with E-state index in [0.29, 0.717) is 11.7 Å². The SMILES string of the molecule is CC1CCN(c2ccc(S(=O)(=O)NC(=O)c3ccc(F)cc3Cl)cn2)CC1. The molecule has 0 radical (unpaired) electrons. The minimum absolute atomic E-state index is 0.131. The van der Waals surface area contributed by atoms with E-state index in [2.05, 4.69) is 16.8 Å². The Labute approximate surface area is 162 Å². The maximum atomic E-state index is 13.1. The number of benzene rings is 1. The van der Waals surface area contributed by atoms with Crippen molar-refractivity contribution in [2.75, 3.05) is 18.0 Å². The van der Waals surface area contributed by atoms with E-state index in [4.69, 9.17) is 11.6 Å². The van der Waals surface area contributed by atoms with Gasteiger partial charge in [0.1, 0.15) is 16.5 Å². The molecule has 1 aromatic carbocycles. The molecule has 1 N–H and O–H groups in total. The van der Waals surface area contributed by atoms with E-state index in [9.17, 15) is 17.6 Å². The standard InChI is InChI=1S/C18H19ClFN3O3S/c1-12-6-8-23(9-7-12)17-5-3-14(11-21-17)27(25,26)22-18(24)15-4-2-13(20)10-16(15)19/h2-5,10-12H,6-9H2,1H3,(H,22,24). The predicted octanol–water partition coefficient (Wildman–Crippen LogP) is 3.23. The average molecular weight is 412 g/mol. The molecule has 0 aliphatic carbocycles. The maximum Gasteiger partial charge on any atom is 0.266 e. The topological polar surface area (TPSA) is 79.4 Å². The summed E-state index contributed by atoms with van der Waals surface area (Å²) in [5, 5.41) is -0.171. The van der Waals surface area contributed by atoms with Gasteiger partial charge in [0, 0.05) is 19.3 Å². The maximum absolute atomic E-state index is 13.1. The van der Waals surface area contributed by atoms with E-state index < -0.39 is 21.7 Å². The normalized spacial score (nSPS) is 15.6. The summed E-state index contributed by atoms with van der Waals surface area (Å²) in [6, 6.07) is 6.13. The van der Waals surface area contributed by atoms with Gasteiger partial charge in [-0.15, -0.1) is 0 Å². The van der Waals surface area contributed by atoms with Gasteiger partial charge < -0.3 is 4.90 Å². The zero-order valence-electron chi connectivity index (χ0n) is 14.7. The molecule has 2 heterocycles. The number of hydrogen-bond donors (Lipinski definition) is 1. The fourth-order valence-corrected chi connectivity index (χ4v) is 4.03. The van der Waals surface area contributed by atoms with Crippen LogP contribution in [0.4, 0.5) is 10.2 Å². The molecule has 27 heavy (non-hydrogen) atoms. The zero-order valence-corrected chi connectivity index (χ0v) is 16.2. The molecule has 0 bridgehead atoms. The minimum atomic E-state index is -4.12. The molecule has 144 valence electrons. The molecule has 1 aliphatic rings. The van der Waals surface area contributed by atoms with Gasteiger partial charge in [0.25, 0.3) is 15.9 Å². The molecule has 1 amide bonds. The number of rotatable bonds is 4. The van der Waals surface area contributed by atoms with Crippen LogP contribution < -0.4 is 9.62 Å². The Balaban J connectivity index is 1.73. The number of aromatic nitrogens is 1. The van der Waals surface area contributed by atoms with Crippen LogP contribution in [0.15, 0.2) is 41.4 Å². The molecule has 0 spiro atoms. The lowest BCUT2D eigenvalue weighted by atomic mass is 9.99. The fourth-order valence-electron chi connectivity index (χ4n) is 2.87. The Hall–Kier alpha value is -2.19. The van der Waals surface area contributed by atoms with Crippen molar-refractivity contribution in [2.45, 2.75) is 24.7 Å². The van der Waals surface area contributed by atoms with Crippen LogP contribution in [0.3, 0.4) is 0 Å². The lowest BCUT2D eigenvalue weighted by Gasteiger charge is -2.31. The fraction of sp³-hybridized carbons (Fsp3) is 0.333. The molecular formula is C18H19ClFN3O3S. The van der Waals surface area contributed by atoms with Gasteiger partial charge >= 0.3 is 0 Å². The highest BCUT2D eigenvalue weighted by atomic mass is 35.5. The van der Waals surface area contributed by atoms with Gasteiger partial charge in [0.2, 0.25) is 0 Å². The summed E-state index contributed by atoms with van der Waals surface area (Å²) in [5.41, 5.74) is -0.131. The number of anilines is 1. The first-order chi connectivity index (χ1) is 12.8. The smallest absolute Gasteiger partial charge is 0.266 e. The van der Waals surface area contributed by atoms with Gasteiger partial charge in [-0.05, 0) is 49.1 Å². The highest BCUT2D eigenvalue weighted by Crippen LogP contribution is 2.22. The lowest BCUT2D eigenvalue weighted by Crippen LogP contribution is -2.33. The molecule has 0 unspecified atom stereocenters. The number of hydrogen-bond acceptors (Lipinski definition) is 5. The first kappa shape index (κ1) is 19.6. The van der Waals surface area contributed by atoms with Crippen molar-refractivity contribution in [3.8, 4) is 0 Å². The van der Waals surface area contributed by atoms with Crippen LogP contribution in [0.2, 0.25) is 5.02 Å². The summed E-state index contributed by atoms with van der Waals surface area (Å²) in [6.45, 7) is 3.95. The van der Waals surface area contributed by atoms with E-state index in [1.807, 2.05) is 4.72 Å². The number of carbonyl (C=O) groups excluding carboxylic acids is 1. The molecule has 0 saturated carbocycles. The molecule has 1 fully saturated rings. The number of nitrogens with zero attached hydrogens (tertiary/aromatic N) is 2. The number of carbonyl (C=O) groups is 1. The first-order valence-electron chi connectivity index (χ1n) is 8.49. The van der Waals surface area contributed by atoms with E-state index in [0.717, 1.165) is 44.1 Å². The number of pyridine rings is 1. The molecule has 3 rings (SSSR count). The molecule has 6 nitrogen and oxygen atoms in total. The van der Waals surface area contributed by atoms with Crippen LogP contribution in [0.25, 0.3) is 0 Å². The van der Waals surface area contributed by atoms with Gasteiger partial charge in [-0.25, -0.2) is 22.5 Å². The Bertz CT molecular complexity index is 943. The van der Waals surface area contributed by atoms with E-state index >= 15 is 0 Å². The minimum Gasteiger partial charge on any atom is -0.357 e. The highest BCUT2D eigenvalue weighted by molar-refractivity contribution is 7.90. The highest BCUT2D eigenvalue weighted by Gasteiger charge is 2.22. The summed E-state index contributed by atoms with van der Waals surface area (Å²) in [4.78, 5) is 18.4. The van der Waals surface area contributed by atoms with Crippen LogP contribution >= 0.6 is 11.6 Å². The molecule has 1 aromatic heterocycles. The van der Waals surface area contributed by atoms with Crippen LogP contribution in [0, 0.1) is 11.7 Å². The van der Waals surface area contributed by atoms with Crippen molar-refractivity contribution in [3.63, 3.8) is 0 Å². The quantitative estimate of drug-likeness (QED) is 0.835. The third kappa shape index (κ3) is 4.56. The van der Waals surface area contributed by atoms with Crippen molar-refractivity contribution in [1.29, 1.82) is 0 Å². The van der Waals surface area contributed by atoms with Gasteiger partial charge in [-0.2, -0.15) is 0 Å². The van der Waals surface area contributed by atoms with Gasteiger partial charge in [-0.1, -0.05) is 18.5 Å². The first-order valence-corrected chi connectivity index (χ1v) is 10.4. The molecule has 0 atom stereocenters. The molecular weight excluding hydrogens is 393 g/mol. The Kier molecular flexibility index (Phi) is 5.67. The largest absolute Gasteiger partial charge is 0.357 e. The summed E-state index contributed by atoms with van der Waals surface area (Å²) < 4.78 is 39.9. The van der Waals surface area contributed by atoms with Crippen molar-refractivity contribution in [3.05, 3.63) is 52.9 Å². The van der Waals surface area contributed by atoms with Crippen LogP contribution in [0.5, 0.6) is 0 Å². The summed E-state index contributed by atoms with van der Waals surface area (Å²) in [7, 11) is -4.12. The second kappa shape index (κ2) is 7.82.